The molecule has 5 heteroatoms. The number of azo groups is 1. The Morgan fingerprint density at radius 2 is 1.90 bits per heavy atom. The summed E-state index contributed by atoms with van der Waals surface area (Å²) in [7, 11) is 0. The van der Waals surface area contributed by atoms with Crippen molar-refractivity contribution in [1.29, 1.82) is 0 Å². The predicted molar refractivity (Wildman–Crippen MR) is 75.9 cm³/mol. The smallest absolute Gasteiger partial charge is 0.343 e. The van der Waals surface area contributed by atoms with Crippen molar-refractivity contribution in [1.82, 2.24) is 0 Å². The Morgan fingerprint density at radius 1 is 1.25 bits per heavy atom. The third-order valence-electron chi connectivity index (χ3n) is 2.94. The zero-order valence-corrected chi connectivity index (χ0v) is 12.1. The van der Waals surface area contributed by atoms with Gasteiger partial charge < -0.3 is 4.74 Å². The maximum Gasteiger partial charge on any atom is 0.343 e. The van der Waals surface area contributed by atoms with Crippen LogP contribution >= 0.6 is 0 Å². The van der Waals surface area contributed by atoms with Gasteiger partial charge in [0.05, 0.1) is 12.3 Å². The van der Waals surface area contributed by atoms with Crippen molar-refractivity contribution in [3.63, 3.8) is 0 Å². The van der Waals surface area contributed by atoms with Crippen molar-refractivity contribution in [2.75, 3.05) is 6.61 Å². The van der Waals surface area contributed by atoms with Crippen LogP contribution in [-0.2, 0) is 14.3 Å². The SMILES string of the molecule is CCCCOC(=O)C(C)(N=Nc1ccccc1)C(C)=O. The number of ether oxygens (including phenoxy) is 1. The maximum absolute atomic E-state index is 12.0. The van der Waals surface area contributed by atoms with Crippen LogP contribution in [0, 0.1) is 0 Å². The Hall–Kier alpha value is -2.04. The van der Waals surface area contributed by atoms with E-state index in [9.17, 15) is 9.59 Å². The lowest BCUT2D eigenvalue weighted by molar-refractivity contribution is -0.152. The summed E-state index contributed by atoms with van der Waals surface area (Å²) in [4.78, 5) is 23.7. The van der Waals surface area contributed by atoms with E-state index >= 15 is 0 Å². The fourth-order valence-electron chi connectivity index (χ4n) is 1.36. The lowest BCUT2D eigenvalue weighted by atomic mass is 9.99. The molecule has 0 saturated heterocycles. The van der Waals surface area contributed by atoms with Crippen LogP contribution in [0.2, 0.25) is 0 Å². The summed E-state index contributed by atoms with van der Waals surface area (Å²) in [5.74, 6) is -1.04. The molecule has 0 amide bonds. The summed E-state index contributed by atoms with van der Waals surface area (Å²) >= 11 is 0. The van der Waals surface area contributed by atoms with Crippen LogP contribution < -0.4 is 0 Å². The van der Waals surface area contributed by atoms with Crippen molar-refractivity contribution < 1.29 is 14.3 Å². The molecule has 5 nitrogen and oxygen atoms in total. The highest BCUT2D eigenvalue weighted by Gasteiger charge is 2.40. The van der Waals surface area contributed by atoms with Gasteiger partial charge in [0.2, 0.25) is 5.54 Å². The third kappa shape index (κ3) is 4.26. The van der Waals surface area contributed by atoms with Crippen molar-refractivity contribution in [2.45, 2.75) is 39.2 Å². The predicted octanol–water partition coefficient (Wildman–Crippen LogP) is 3.46. The average Bonchev–Trinajstić information content (AvgIpc) is 2.45. The molecule has 0 spiro atoms. The number of nitrogens with zero attached hydrogens (tertiary/aromatic N) is 2. The second kappa shape index (κ2) is 7.53. The normalized spacial score (nSPS) is 13.9. The quantitative estimate of drug-likeness (QED) is 0.331. The fraction of sp³-hybridized carbons (Fsp3) is 0.467. The van der Waals surface area contributed by atoms with Crippen LogP contribution in [0.1, 0.15) is 33.6 Å². The summed E-state index contributed by atoms with van der Waals surface area (Å²) in [6.45, 7) is 5.02. The Morgan fingerprint density at radius 3 is 2.45 bits per heavy atom. The van der Waals surface area contributed by atoms with Crippen molar-refractivity contribution >= 4 is 17.4 Å². The van der Waals surface area contributed by atoms with Gasteiger partial charge in [0, 0.05) is 0 Å². The van der Waals surface area contributed by atoms with Gasteiger partial charge in [-0.15, -0.1) is 0 Å². The first-order valence-corrected chi connectivity index (χ1v) is 6.67. The first-order chi connectivity index (χ1) is 9.50. The second-order valence-electron chi connectivity index (χ2n) is 4.65. The second-order valence-corrected chi connectivity index (χ2v) is 4.65. The summed E-state index contributed by atoms with van der Waals surface area (Å²) in [5.41, 5.74) is -0.995. The van der Waals surface area contributed by atoms with Crippen molar-refractivity contribution in [3.8, 4) is 0 Å². The van der Waals surface area contributed by atoms with Gasteiger partial charge in [-0.1, -0.05) is 31.5 Å². The van der Waals surface area contributed by atoms with Crippen LogP contribution in [0.5, 0.6) is 0 Å². The number of Topliss-reactive ketones (excluding diaryl/α,β-unsaturated/α-hetero) is 1. The summed E-state index contributed by atoms with van der Waals surface area (Å²) in [5, 5.41) is 7.86. The van der Waals surface area contributed by atoms with E-state index in [1.54, 1.807) is 24.3 Å². The number of carbonyl (C=O) groups is 2. The van der Waals surface area contributed by atoms with E-state index in [-0.39, 0.29) is 0 Å². The van der Waals surface area contributed by atoms with E-state index in [0.717, 1.165) is 12.8 Å². The molecule has 1 rings (SSSR count). The highest BCUT2D eigenvalue weighted by molar-refractivity contribution is 6.07. The van der Waals surface area contributed by atoms with E-state index < -0.39 is 17.3 Å². The van der Waals surface area contributed by atoms with Crippen LogP contribution in [0.4, 0.5) is 5.69 Å². The van der Waals surface area contributed by atoms with E-state index in [1.165, 1.54) is 13.8 Å². The largest absolute Gasteiger partial charge is 0.464 e. The lowest BCUT2D eigenvalue weighted by Crippen LogP contribution is -2.41. The van der Waals surface area contributed by atoms with E-state index in [4.69, 9.17) is 4.74 Å². The number of hydrogen-bond acceptors (Lipinski definition) is 5. The Kier molecular flexibility index (Phi) is 6.03. The zero-order valence-electron chi connectivity index (χ0n) is 12.1. The number of benzene rings is 1. The summed E-state index contributed by atoms with van der Waals surface area (Å²) in [6, 6.07) is 8.94. The van der Waals surface area contributed by atoms with Crippen LogP contribution in [0.15, 0.2) is 40.6 Å². The molecule has 0 aliphatic rings. The maximum atomic E-state index is 12.0. The topological polar surface area (TPSA) is 68.1 Å². The van der Waals surface area contributed by atoms with Gasteiger partial charge in [0.1, 0.15) is 0 Å². The van der Waals surface area contributed by atoms with Gasteiger partial charge in [0.25, 0.3) is 0 Å². The molecule has 0 bridgehead atoms. The van der Waals surface area contributed by atoms with E-state index in [2.05, 4.69) is 10.2 Å². The van der Waals surface area contributed by atoms with Gasteiger partial charge in [-0.3, -0.25) is 4.79 Å². The van der Waals surface area contributed by atoms with Gasteiger partial charge in [-0.25, -0.2) is 4.79 Å². The molecule has 1 atom stereocenters. The molecule has 0 radical (unpaired) electrons. The number of carbonyl (C=O) groups excluding carboxylic acids is 2. The monoisotopic (exact) mass is 276 g/mol. The Labute approximate surface area is 119 Å². The minimum atomic E-state index is -1.58. The van der Waals surface area contributed by atoms with Crippen LogP contribution in [0.25, 0.3) is 0 Å². The molecule has 0 fully saturated rings. The molecular formula is C15H20N2O3. The van der Waals surface area contributed by atoms with Crippen molar-refractivity contribution in [2.24, 2.45) is 10.2 Å². The Bertz CT molecular complexity index is 485. The summed E-state index contributed by atoms with van der Waals surface area (Å²) in [6.07, 6.45) is 1.67. The average molecular weight is 276 g/mol. The zero-order chi connectivity index (χ0) is 15.0. The lowest BCUT2D eigenvalue weighted by Gasteiger charge is -2.18. The molecule has 0 aliphatic carbocycles. The molecule has 0 saturated carbocycles. The molecular weight excluding hydrogens is 256 g/mol. The summed E-state index contributed by atoms with van der Waals surface area (Å²) < 4.78 is 5.08. The van der Waals surface area contributed by atoms with E-state index in [1.807, 2.05) is 13.0 Å². The molecule has 0 heterocycles. The van der Waals surface area contributed by atoms with Crippen LogP contribution in [0.3, 0.4) is 0 Å². The highest BCUT2D eigenvalue weighted by Crippen LogP contribution is 2.19. The first-order valence-electron chi connectivity index (χ1n) is 6.67. The molecule has 1 aromatic rings. The molecule has 20 heavy (non-hydrogen) atoms. The highest BCUT2D eigenvalue weighted by atomic mass is 16.5. The number of ketones is 1. The van der Waals surface area contributed by atoms with Gasteiger partial charge in [0.15, 0.2) is 5.78 Å². The molecule has 1 aromatic carbocycles. The fourth-order valence-corrected chi connectivity index (χ4v) is 1.36. The van der Waals surface area contributed by atoms with Gasteiger partial charge in [-0.05, 0) is 32.4 Å². The minimum absolute atomic E-state index is 0.291. The number of rotatable bonds is 7. The van der Waals surface area contributed by atoms with Gasteiger partial charge in [-0.2, -0.15) is 10.2 Å². The molecule has 0 N–H and O–H groups in total. The number of hydrogen-bond donors (Lipinski definition) is 0. The standard InChI is InChI=1S/C15H20N2O3/c1-4-5-11-20-14(19)15(3,12(2)18)17-16-13-9-7-6-8-10-13/h6-10H,4-5,11H2,1-3H3. The minimum Gasteiger partial charge on any atom is -0.464 e. The van der Waals surface area contributed by atoms with E-state index in [0.29, 0.717) is 12.3 Å². The molecule has 108 valence electrons. The van der Waals surface area contributed by atoms with Crippen LogP contribution in [-0.4, -0.2) is 23.9 Å². The first kappa shape index (κ1) is 16.0. The molecule has 1 unspecified atom stereocenters. The Balaban J connectivity index is 2.84. The molecule has 0 aliphatic heterocycles. The third-order valence-corrected chi connectivity index (χ3v) is 2.94. The van der Waals surface area contributed by atoms with Gasteiger partial charge >= 0.3 is 5.97 Å². The number of unbranched alkanes of at least 4 members (excludes halogenated alkanes) is 1. The van der Waals surface area contributed by atoms with Crippen molar-refractivity contribution in [3.05, 3.63) is 30.3 Å². The number of esters is 1. The molecule has 0 aromatic heterocycles.